The third-order valence-electron chi connectivity index (χ3n) is 5.44. The fraction of sp³-hybridized carbons (Fsp3) is 0.160. The number of amides is 1. The van der Waals surface area contributed by atoms with E-state index in [0.29, 0.717) is 16.7 Å². The number of nitrogens with zero attached hydrogens (tertiary/aromatic N) is 2. The van der Waals surface area contributed by atoms with Crippen molar-refractivity contribution < 1.29 is 19.1 Å². The standard InChI is InChI=1S/C25H21FN2O3/c1-2-16-5-9-18(10-6-16)23(29)21-22(19-4-3-13-27-14-19)28(25(31)24(21)30)15-17-7-11-20(26)12-8-17/h3-14,22,29H,2,15H2,1H3/b23-21-. The Balaban J connectivity index is 1.81. The van der Waals surface area contributed by atoms with Gasteiger partial charge in [0.25, 0.3) is 11.7 Å². The summed E-state index contributed by atoms with van der Waals surface area (Å²) >= 11 is 0. The van der Waals surface area contributed by atoms with E-state index in [4.69, 9.17) is 0 Å². The highest BCUT2D eigenvalue weighted by Crippen LogP contribution is 2.40. The SMILES string of the molecule is CCc1ccc(/C(O)=C2/C(=O)C(=O)N(Cc3ccc(F)cc3)C2c2cccnc2)cc1. The molecule has 1 amide bonds. The van der Waals surface area contributed by atoms with Crippen molar-refractivity contribution in [2.24, 2.45) is 0 Å². The highest BCUT2D eigenvalue weighted by Gasteiger charge is 2.46. The van der Waals surface area contributed by atoms with Gasteiger partial charge in [0, 0.05) is 24.5 Å². The maximum absolute atomic E-state index is 13.3. The number of aryl methyl sites for hydroxylation is 1. The van der Waals surface area contributed by atoms with E-state index in [9.17, 15) is 19.1 Å². The van der Waals surface area contributed by atoms with Crippen LogP contribution in [-0.4, -0.2) is 26.7 Å². The Labute approximate surface area is 179 Å². The number of carbonyl (C=O) groups is 2. The minimum atomic E-state index is -0.801. The lowest BCUT2D eigenvalue weighted by Crippen LogP contribution is -2.29. The molecule has 1 unspecified atom stereocenters. The summed E-state index contributed by atoms with van der Waals surface area (Å²) in [6.07, 6.45) is 4.01. The molecule has 31 heavy (non-hydrogen) atoms. The number of hydrogen-bond donors (Lipinski definition) is 1. The van der Waals surface area contributed by atoms with E-state index in [1.54, 1.807) is 48.8 Å². The van der Waals surface area contributed by atoms with Crippen LogP contribution in [-0.2, 0) is 22.6 Å². The molecular formula is C25H21FN2O3. The average molecular weight is 416 g/mol. The lowest BCUT2D eigenvalue weighted by atomic mass is 9.95. The Bertz CT molecular complexity index is 1140. The molecule has 0 radical (unpaired) electrons. The van der Waals surface area contributed by atoms with Crippen molar-refractivity contribution in [3.63, 3.8) is 0 Å². The topological polar surface area (TPSA) is 70.5 Å². The molecule has 1 saturated heterocycles. The molecule has 1 aliphatic rings. The number of Topliss-reactive ketones (excluding diaryl/α,β-unsaturated/α-hetero) is 1. The molecule has 0 saturated carbocycles. The summed E-state index contributed by atoms with van der Waals surface area (Å²) in [7, 11) is 0. The number of benzene rings is 2. The van der Waals surface area contributed by atoms with Crippen LogP contribution in [0.5, 0.6) is 0 Å². The van der Waals surface area contributed by atoms with Gasteiger partial charge in [0.2, 0.25) is 0 Å². The number of ketones is 1. The fourth-order valence-corrected chi connectivity index (χ4v) is 3.77. The molecule has 0 aliphatic carbocycles. The van der Waals surface area contributed by atoms with Gasteiger partial charge in [-0.1, -0.05) is 49.4 Å². The van der Waals surface area contributed by atoms with Crippen LogP contribution in [0, 0.1) is 5.82 Å². The van der Waals surface area contributed by atoms with Gasteiger partial charge in [-0.05, 0) is 41.3 Å². The third-order valence-corrected chi connectivity index (χ3v) is 5.44. The molecule has 0 bridgehead atoms. The lowest BCUT2D eigenvalue weighted by molar-refractivity contribution is -0.140. The van der Waals surface area contributed by atoms with E-state index in [1.807, 2.05) is 19.1 Å². The largest absolute Gasteiger partial charge is 0.507 e. The zero-order valence-electron chi connectivity index (χ0n) is 17.0. The first-order valence-corrected chi connectivity index (χ1v) is 10.0. The number of aliphatic hydroxyl groups excluding tert-OH is 1. The first-order valence-electron chi connectivity index (χ1n) is 10.0. The van der Waals surface area contributed by atoms with Gasteiger partial charge < -0.3 is 10.0 Å². The van der Waals surface area contributed by atoms with Crippen LogP contribution in [0.1, 0.15) is 35.2 Å². The number of pyridine rings is 1. The van der Waals surface area contributed by atoms with Crippen LogP contribution in [0.15, 0.2) is 78.6 Å². The Morgan fingerprint density at radius 3 is 2.32 bits per heavy atom. The first-order chi connectivity index (χ1) is 15.0. The van der Waals surface area contributed by atoms with Crippen LogP contribution in [0.2, 0.25) is 0 Å². The van der Waals surface area contributed by atoms with Crippen LogP contribution >= 0.6 is 0 Å². The third kappa shape index (κ3) is 3.97. The van der Waals surface area contributed by atoms with E-state index in [2.05, 4.69) is 4.98 Å². The first kappa shape index (κ1) is 20.5. The summed E-state index contributed by atoms with van der Waals surface area (Å²) in [5.74, 6) is -2.08. The highest BCUT2D eigenvalue weighted by atomic mass is 19.1. The number of carbonyl (C=O) groups excluding carboxylic acids is 2. The quantitative estimate of drug-likeness (QED) is 0.380. The number of likely N-dealkylation sites (tertiary alicyclic amines) is 1. The predicted octanol–water partition coefficient (Wildman–Crippen LogP) is 4.41. The van der Waals surface area contributed by atoms with Crippen molar-refractivity contribution in [3.05, 3.63) is 107 Å². The molecule has 1 atom stereocenters. The molecular weight excluding hydrogens is 395 g/mol. The maximum atomic E-state index is 13.3. The van der Waals surface area contributed by atoms with E-state index < -0.39 is 17.7 Å². The molecule has 1 fully saturated rings. The summed E-state index contributed by atoms with van der Waals surface area (Å²) in [6, 6.07) is 15.6. The Hall–Kier alpha value is -3.80. The van der Waals surface area contributed by atoms with Crippen LogP contribution in [0.25, 0.3) is 5.76 Å². The zero-order chi connectivity index (χ0) is 22.0. The molecule has 3 aromatic rings. The van der Waals surface area contributed by atoms with Crippen LogP contribution in [0.3, 0.4) is 0 Å². The zero-order valence-corrected chi connectivity index (χ0v) is 17.0. The second kappa shape index (κ2) is 8.52. The molecule has 2 heterocycles. The van der Waals surface area contributed by atoms with Gasteiger partial charge in [0.05, 0.1) is 11.6 Å². The van der Waals surface area contributed by atoms with Gasteiger partial charge in [-0.3, -0.25) is 14.6 Å². The second-order valence-corrected chi connectivity index (χ2v) is 7.39. The van der Waals surface area contributed by atoms with E-state index in [-0.39, 0.29) is 23.7 Å². The number of aromatic nitrogens is 1. The Morgan fingerprint density at radius 1 is 1.03 bits per heavy atom. The molecule has 2 aromatic carbocycles. The van der Waals surface area contributed by atoms with Crippen molar-refractivity contribution >= 4 is 17.4 Å². The molecule has 1 aromatic heterocycles. The van der Waals surface area contributed by atoms with E-state index in [0.717, 1.165) is 12.0 Å². The Morgan fingerprint density at radius 2 is 1.71 bits per heavy atom. The fourth-order valence-electron chi connectivity index (χ4n) is 3.77. The smallest absolute Gasteiger partial charge is 0.295 e. The second-order valence-electron chi connectivity index (χ2n) is 7.39. The minimum absolute atomic E-state index is 0.0179. The number of rotatable bonds is 5. The number of halogens is 1. The summed E-state index contributed by atoms with van der Waals surface area (Å²) in [5, 5.41) is 11.0. The van der Waals surface area contributed by atoms with E-state index >= 15 is 0 Å². The molecule has 4 rings (SSSR count). The number of aliphatic hydroxyl groups is 1. The van der Waals surface area contributed by atoms with Crippen molar-refractivity contribution in [1.29, 1.82) is 0 Å². The average Bonchev–Trinajstić information content (AvgIpc) is 3.05. The summed E-state index contributed by atoms with van der Waals surface area (Å²) in [6.45, 7) is 2.12. The summed E-state index contributed by atoms with van der Waals surface area (Å²) < 4.78 is 13.3. The normalized spacial score (nSPS) is 17.9. The van der Waals surface area contributed by atoms with E-state index in [1.165, 1.54) is 17.0 Å². The van der Waals surface area contributed by atoms with Gasteiger partial charge in [0.15, 0.2) is 0 Å². The highest BCUT2D eigenvalue weighted by molar-refractivity contribution is 6.46. The van der Waals surface area contributed by atoms with Crippen molar-refractivity contribution in [2.45, 2.75) is 25.9 Å². The maximum Gasteiger partial charge on any atom is 0.295 e. The van der Waals surface area contributed by atoms with Gasteiger partial charge in [-0.15, -0.1) is 0 Å². The molecule has 5 nitrogen and oxygen atoms in total. The van der Waals surface area contributed by atoms with Crippen LogP contribution in [0.4, 0.5) is 4.39 Å². The van der Waals surface area contributed by atoms with Gasteiger partial charge >= 0.3 is 0 Å². The van der Waals surface area contributed by atoms with Gasteiger partial charge in [-0.2, -0.15) is 0 Å². The minimum Gasteiger partial charge on any atom is -0.507 e. The van der Waals surface area contributed by atoms with Crippen molar-refractivity contribution in [3.8, 4) is 0 Å². The molecule has 1 aliphatic heterocycles. The van der Waals surface area contributed by atoms with Crippen molar-refractivity contribution in [2.75, 3.05) is 0 Å². The number of hydrogen-bond acceptors (Lipinski definition) is 4. The lowest BCUT2D eigenvalue weighted by Gasteiger charge is -2.25. The van der Waals surface area contributed by atoms with Gasteiger partial charge in [0.1, 0.15) is 11.6 Å². The van der Waals surface area contributed by atoms with Gasteiger partial charge in [-0.25, -0.2) is 4.39 Å². The van der Waals surface area contributed by atoms with Crippen LogP contribution < -0.4 is 0 Å². The predicted molar refractivity (Wildman–Crippen MR) is 114 cm³/mol. The molecule has 156 valence electrons. The molecule has 0 spiro atoms. The molecule has 6 heteroatoms. The summed E-state index contributed by atoms with van der Waals surface area (Å²) in [4.78, 5) is 31.4. The van der Waals surface area contributed by atoms with Crippen molar-refractivity contribution in [1.82, 2.24) is 9.88 Å². The molecule has 1 N–H and O–H groups in total. The Kier molecular flexibility index (Phi) is 5.62. The summed E-state index contributed by atoms with van der Waals surface area (Å²) in [5.41, 5.74) is 2.85. The monoisotopic (exact) mass is 416 g/mol.